The summed E-state index contributed by atoms with van der Waals surface area (Å²) < 4.78 is 0. The minimum Gasteiger partial charge on any atom is -0.307 e. The molecule has 1 fully saturated rings. The second-order valence-electron chi connectivity index (χ2n) is 6.60. The van der Waals surface area contributed by atoms with Crippen molar-refractivity contribution in [3.63, 3.8) is 0 Å². The first kappa shape index (κ1) is 15.5. The fraction of sp³-hybridized carbons (Fsp3) is 0.667. The quantitative estimate of drug-likeness (QED) is 0.899. The second-order valence-corrected chi connectivity index (χ2v) is 6.60. The van der Waals surface area contributed by atoms with E-state index in [0.29, 0.717) is 5.54 Å². The molecular formula is C18H30N2. The number of benzene rings is 1. The van der Waals surface area contributed by atoms with Crippen molar-refractivity contribution >= 4 is 0 Å². The molecule has 2 nitrogen and oxygen atoms in total. The molecule has 1 atom stereocenters. The SMILES string of the molecule is CCC(C)(CC)N1CCCNC(C)(c2ccccc2)C1. The number of nitrogens with zero attached hydrogens (tertiary/aromatic N) is 1. The summed E-state index contributed by atoms with van der Waals surface area (Å²) in [5.74, 6) is 0. The van der Waals surface area contributed by atoms with Crippen molar-refractivity contribution in [3.8, 4) is 0 Å². The first-order valence-corrected chi connectivity index (χ1v) is 8.10. The van der Waals surface area contributed by atoms with Crippen LogP contribution in [-0.4, -0.2) is 30.1 Å². The molecule has 1 heterocycles. The molecule has 1 N–H and O–H groups in total. The van der Waals surface area contributed by atoms with Gasteiger partial charge in [0.05, 0.1) is 5.54 Å². The molecule has 2 heteroatoms. The zero-order chi connectivity index (χ0) is 14.6. The van der Waals surface area contributed by atoms with E-state index in [1.165, 1.54) is 31.4 Å². The minimum atomic E-state index is 0.0589. The Morgan fingerprint density at radius 2 is 1.85 bits per heavy atom. The van der Waals surface area contributed by atoms with Crippen LogP contribution in [0.4, 0.5) is 0 Å². The van der Waals surface area contributed by atoms with Crippen molar-refractivity contribution in [2.75, 3.05) is 19.6 Å². The lowest BCUT2D eigenvalue weighted by Gasteiger charge is -2.44. The summed E-state index contributed by atoms with van der Waals surface area (Å²) >= 11 is 0. The van der Waals surface area contributed by atoms with Crippen molar-refractivity contribution in [3.05, 3.63) is 35.9 Å². The van der Waals surface area contributed by atoms with Crippen LogP contribution in [0.3, 0.4) is 0 Å². The van der Waals surface area contributed by atoms with Crippen LogP contribution in [0.1, 0.15) is 52.5 Å². The molecule has 0 aliphatic carbocycles. The van der Waals surface area contributed by atoms with Gasteiger partial charge in [0.15, 0.2) is 0 Å². The number of nitrogens with one attached hydrogen (secondary N) is 1. The molecule has 0 amide bonds. The van der Waals surface area contributed by atoms with Crippen molar-refractivity contribution in [1.29, 1.82) is 0 Å². The third-order valence-corrected chi connectivity index (χ3v) is 5.32. The third-order valence-electron chi connectivity index (χ3n) is 5.32. The summed E-state index contributed by atoms with van der Waals surface area (Å²) in [5, 5.41) is 3.78. The Kier molecular flexibility index (Phi) is 4.87. The summed E-state index contributed by atoms with van der Waals surface area (Å²) in [6, 6.07) is 10.9. The molecule has 0 saturated carbocycles. The maximum absolute atomic E-state index is 3.78. The molecule has 1 aromatic carbocycles. The normalized spacial score (nSPS) is 25.4. The van der Waals surface area contributed by atoms with Crippen LogP contribution in [0.15, 0.2) is 30.3 Å². The van der Waals surface area contributed by atoms with Gasteiger partial charge in [-0.3, -0.25) is 4.90 Å². The van der Waals surface area contributed by atoms with E-state index in [9.17, 15) is 0 Å². The average Bonchev–Trinajstić information content (AvgIpc) is 2.71. The van der Waals surface area contributed by atoms with Gasteiger partial charge in [0, 0.05) is 12.1 Å². The van der Waals surface area contributed by atoms with E-state index in [-0.39, 0.29) is 5.54 Å². The van der Waals surface area contributed by atoms with Crippen LogP contribution in [0.5, 0.6) is 0 Å². The molecule has 1 aliphatic heterocycles. The standard InChI is InChI=1S/C18H30N2/c1-5-17(3,6-2)20-14-10-13-19-18(4,15-20)16-11-8-7-9-12-16/h7-9,11-12,19H,5-6,10,13-15H2,1-4H3. The van der Waals surface area contributed by atoms with E-state index in [1.54, 1.807) is 0 Å². The number of rotatable bonds is 4. The highest BCUT2D eigenvalue weighted by molar-refractivity contribution is 5.24. The molecule has 112 valence electrons. The first-order valence-electron chi connectivity index (χ1n) is 8.10. The smallest absolute Gasteiger partial charge is 0.0535 e. The largest absolute Gasteiger partial charge is 0.307 e. The summed E-state index contributed by atoms with van der Waals surface area (Å²) in [5.41, 5.74) is 1.78. The highest BCUT2D eigenvalue weighted by Gasteiger charge is 2.37. The first-order chi connectivity index (χ1) is 9.54. The topological polar surface area (TPSA) is 15.3 Å². The van der Waals surface area contributed by atoms with E-state index in [1.807, 2.05) is 0 Å². The Morgan fingerprint density at radius 3 is 2.45 bits per heavy atom. The number of hydrogen-bond acceptors (Lipinski definition) is 2. The van der Waals surface area contributed by atoms with Gasteiger partial charge >= 0.3 is 0 Å². The van der Waals surface area contributed by atoms with Crippen LogP contribution in [0, 0.1) is 0 Å². The van der Waals surface area contributed by atoms with Crippen LogP contribution < -0.4 is 5.32 Å². The molecule has 1 unspecified atom stereocenters. The van der Waals surface area contributed by atoms with Gasteiger partial charge in [-0.2, -0.15) is 0 Å². The van der Waals surface area contributed by atoms with E-state index >= 15 is 0 Å². The van der Waals surface area contributed by atoms with E-state index in [4.69, 9.17) is 0 Å². The Hall–Kier alpha value is -0.860. The lowest BCUT2D eigenvalue weighted by atomic mass is 9.87. The zero-order valence-electron chi connectivity index (χ0n) is 13.6. The maximum Gasteiger partial charge on any atom is 0.0535 e. The molecule has 20 heavy (non-hydrogen) atoms. The Bertz CT molecular complexity index is 411. The van der Waals surface area contributed by atoms with E-state index in [2.05, 4.69) is 68.2 Å². The molecule has 0 spiro atoms. The fourth-order valence-corrected chi connectivity index (χ4v) is 3.31. The van der Waals surface area contributed by atoms with Gasteiger partial charge in [-0.15, -0.1) is 0 Å². The minimum absolute atomic E-state index is 0.0589. The summed E-state index contributed by atoms with van der Waals surface area (Å²) in [7, 11) is 0. The summed E-state index contributed by atoms with van der Waals surface area (Å²) in [4.78, 5) is 2.71. The van der Waals surface area contributed by atoms with Gasteiger partial charge in [-0.05, 0) is 51.8 Å². The molecule has 2 rings (SSSR count). The Morgan fingerprint density at radius 1 is 1.20 bits per heavy atom. The van der Waals surface area contributed by atoms with Crippen molar-refractivity contribution in [1.82, 2.24) is 10.2 Å². The summed E-state index contributed by atoms with van der Waals surface area (Å²) in [6.07, 6.45) is 3.67. The highest BCUT2D eigenvalue weighted by Crippen LogP contribution is 2.31. The van der Waals surface area contributed by atoms with Gasteiger partial charge in [0.2, 0.25) is 0 Å². The van der Waals surface area contributed by atoms with Crippen LogP contribution in [0.25, 0.3) is 0 Å². The van der Waals surface area contributed by atoms with Crippen LogP contribution in [0.2, 0.25) is 0 Å². The lowest BCUT2D eigenvalue weighted by Crippen LogP contribution is -2.53. The molecule has 1 saturated heterocycles. The second kappa shape index (κ2) is 6.28. The molecule has 0 radical (unpaired) electrons. The van der Waals surface area contributed by atoms with Crippen molar-refractivity contribution in [2.24, 2.45) is 0 Å². The molecule has 1 aliphatic rings. The van der Waals surface area contributed by atoms with Gasteiger partial charge in [-0.25, -0.2) is 0 Å². The highest BCUT2D eigenvalue weighted by atomic mass is 15.2. The monoisotopic (exact) mass is 274 g/mol. The molecule has 1 aromatic rings. The maximum atomic E-state index is 3.78. The Balaban J connectivity index is 2.27. The molecule has 0 aromatic heterocycles. The number of hydrogen-bond donors (Lipinski definition) is 1. The predicted octanol–water partition coefficient (Wildman–Crippen LogP) is 3.78. The fourth-order valence-electron chi connectivity index (χ4n) is 3.31. The van der Waals surface area contributed by atoms with Gasteiger partial charge in [0.25, 0.3) is 0 Å². The van der Waals surface area contributed by atoms with E-state index < -0.39 is 0 Å². The van der Waals surface area contributed by atoms with Crippen LogP contribution >= 0.6 is 0 Å². The van der Waals surface area contributed by atoms with Crippen molar-refractivity contribution < 1.29 is 0 Å². The third kappa shape index (κ3) is 3.07. The van der Waals surface area contributed by atoms with Crippen LogP contribution in [-0.2, 0) is 5.54 Å². The summed E-state index contributed by atoms with van der Waals surface area (Å²) in [6.45, 7) is 12.8. The molecular weight excluding hydrogens is 244 g/mol. The van der Waals surface area contributed by atoms with Gasteiger partial charge in [0.1, 0.15) is 0 Å². The van der Waals surface area contributed by atoms with Crippen molar-refractivity contribution in [2.45, 2.75) is 58.0 Å². The average molecular weight is 274 g/mol. The Labute approximate surface area is 124 Å². The van der Waals surface area contributed by atoms with Gasteiger partial charge < -0.3 is 5.32 Å². The molecule has 0 bridgehead atoms. The zero-order valence-corrected chi connectivity index (χ0v) is 13.6. The van der Waals surface area contributed by atoms with Gasteiger partial charge in [-0.1, -0.05) is 44.2 Å². The lowest BCUT2D eigenvalue weighted by molar-refractivity contribution is 0.0751. The predicted molar refractivity (Wildman–Crippen MR) is 87.0 cm³/mol. The van der Waals surface area contributed by atoms with E-state index in [0.717, 1.165) is 13.1 Å².